The Morgan fingerprint density at radius 2 is 2.14 bits per heavy atom. The summed E-state index contributed by atoms with van der Waals surface area (Å²) in [7, 11) is 1.60. The van der Waals surface area contributed by atoms with E-state index in [1.807, 2.05) is 12.3 Å². The molecule has 5 nitrogen and oxygen atoms in total. The SMILES string of the molecule is COc1c(N)nsc1NCCc1cccc2cccnc12. The molecule has 3 N–H and O–H groups in total. The predicted octanol–water partition coefficient (Wildman–Crippen LogP) is 2.94. The molecular weight excluding hydrogens is 284 g/mol. The lowest BCUT2D eigenvalue weighted by Gasteiger charge is -2.08. The molecule has 3 aromatic rings. The van der Waals surface area contributed by atoms with Crippen molar-refractivity contribution in [1.82, 2.24) is 9.36 Å². The van der Waals surface area contributed by atoms with Crippen LogP contribution in [0.2, 0.25) is 0 Å². The van der Waals surface area contributed by atoms with E-state index >= 15 is 0 Å². The summed E-state index contributed by atoms with van der Waals surface area (Å²) >= 11 is 1.31. The second-order valence-electron chi connectivity index (χ2n) is 4.60. The van der Waals surface area contributed by atoms with Crippen molar-refractivity contribution in [3.05, 3.63) is 42.1 Å². The highest BCUT2D eigenvalue weighted by Gasteiger charge is 2.11. The molecule has 0 aliphatic carbocycles. The minimum absolute atomic E-state index is 0.428. The Morgan fingerprint density at radius 3 is 3.00 bits per heavy atom. The summed E-state index contributed by atoms with van der Waals surface area (Å²) in [5.74, 6) is 1.05. The van der Waals surface area contributed by atoms with Crippen molar-refractivity contribution in [2.75, 3.05) is 24.7 Å². The number of nitrogens with two attached hydrogens (primary N) is 1. The van der Waals surface area contributed by atoms with Crippen LogP contribution in [-0.2, 0) is 6.42 Å². The monoisotopic (exact) mass is 300 g/mol. The van der Waals surface area contributed by atoms with Crippen LogP contribution >= 0.6 is 11.5 Å². The van der Waals surface area contributed by atoms with Crippen LogP contribution in [0, 0.1) is 0 Å². The third-order valence-electron chi connectivity index (χ3n) is 3.27. The molecule has 0 fully saturated rings. The molecule has 21 heavy (non-hydrogen) atoms. The van der Waals surface area contributed by atoms with Gasteiger partial charge in [-0.05, 0) is 29.6 Å². The molecule has 0 atom stereocenters. The number of fused-ring (bicyclic) bond motifs is 1. The fourth-order valence-electron chi connectivity index (χ4n) is 2.28. The average Bonchev–Trinajstić information content (AvgIpc) is 2.87. The predicted molar refractivity (Wildman–Crippen MR) is 87.0 cm³/mol. The number of pyridine rings is 1. The zero-order valence-corrected chi connectivity index (χ0v) is 12.5. The van der Waals surface area contributed by atoms with Crippen molar-refractivity contribution in [1.29, 1.82) is 0 Å². The van der Waals surface area contributed by atoms with Crippen LogP contribution in [0.5, 0.6) is 5.75 Å². The van der Waals surface area contributed by atoms with Gasteiger partial charge in [0.1, 0.15) is 0 Å². The van der Waals surface area contributed by atoms with Crippen molar-refractivity contribution in [3.63, 3.8) is 0 Å². The van der Waals surface area contributed by atoms with Crippen LogP contribution in [0.4, 0.5) is 10.8 Å². The first-order valence-electron chi connectivity index (χ1n) is 6.65. The van der Waals surface area contributed by atoms with E-state index in [4.69, 9.17) is 10.5 Å². The largest absolute Gasteiger partial charge is 0.490 e. The molecule has 2 heterocycles. The summed E-state index contributed by atoms with van der Waals surface area (Å²) in [4.78, 5) is 4.46. The molecule has 0 aliphatic heterocycles. The van der Waals surface area contributed by atoms with Crippen molar-refractivity contribution in [2.45, 2.75) is 6.42 Å². The molecule has 0 amide bonds. The number of hydrogen-bond acceptors (Lipinski definition) is 6. The number of nitrogens with zero attached hydrogens (tertiary/aromatic N) is 2. The quantitative estimate of drug-likeness (QED) is 0.758. The Hall–Kier alpha value is -2.34. The molecule has 0 saturated carbocycles. The van der Waals surface area contributed by atoms with E-state index in [2.05, 4.69) is 38.9 Å². The Labute approximate surface area is 126 Å². The zero-order chi connectivity index (χ0) is 14.7. The van der Waals surface area contributed by atoms with Gasteiger partial charge < -0.3 is 15.8 Å². The first-order chi connectivity index (χ1) is 10.3. The summed E-state index contributed by atoms with van der Waals surface area (Å²) in [5.41, 5.74) is 8.01. The molecule has 6 heteroatoms. The van der Waals surface area contributed by atoms with Gasteiger partial charge in [-0.1, -0.05) is 24.3 Å². The minimum Gasteiger partial charge on any atom is -0.490 e. The number of para-hydroxylation sites is 1. The van der Waals surface area contributed by atoms with Crippen molar-refractivity contribution < 1.29 is 4.74 Å². The van der Waals surface area contributed by atoms with Gasteiger partial charge >= 0.3 is 0 Å². The van der Waals surface area contributed by atoms with Gasteiger partial charge in [-0.15, -0.1) is 0 Å². The maximum atomic E-state index is 5.73. The maximum absolute atomic E-state index is 5.73. The Kier molecular flexibility index (Phi) is 3.87. The first-order valence-corrected chi connectivity index (χ1v) is 7.42. The minimum atomic E-state index is 0.428. The average molecular weight is 300 g/mol. The normalized spacial score (nSPS) is 10.7. The third kappa shape index (κ3) is 2.75. The van der Waals surface area contributed by atoms with Gasteiger partial charge in [0.05, 0.1) is 12.6 Å². The van der Waals surface area contributed by atoms with Crippen LogP contribution in [0.15, 0.2) is 36.5 Å². The fourth-order valence-corrected chi connectivity index (χ4v) is 2.99. The highest BCUT2D eigenvalue weighted by atomic mass is 32.1. The van der Waals surface area contributed by atoms with E-state index in [-0.39, 0.29) is 0 Å². The highest BCUT2D eigenvalue weighted by Crippen LogP contribution is 2.34. The molecule has 0 radical (unpaired) electrons. The molecule has 0 bridgehead atoms. The summed E-state index contributed by atoms with van der Waals surface area (Å²) in [6, 6.07) is 10.3. The molecule has 3 rings (SSSR count). The Balaban J connectivity index is 1.72. The number of anilines is 2. The van der Waals surface area contributed by atoms with Gasteiger partial charge in [0, 0.05) is 18.1 Å². The lowest BCUT2D eigenvalue weighted by atomic mass is 10.1. The van der Waals surface area contributed by atoms with Crippen molar-refractivity contribution in [2.24, 2.45) is 0 Å². The number of rotatable bonds is 5. The lowest BCUT2D eigenvalue weighted by molar-refractivity contribution is 0.419. The lowest BCUT2D eigenvalue weighted by Crippen LogP contribution is -2.05. The van der Waals surface area contributed by atoms with Gasteiger partial charge in [0.2, 0.25) is 0 Å². The summed E-state index contributed by atoms with van der Waals surface area (Å²) in [5, 5.41) is 5.35. The van der Waals surface area contributed by atoms with Crippen LogP contribution < -0.4 is 15.8 Å². The number of nitrogens with one attached hydrogen (secondary N) is 1. The molecule has 0 aliphatic rings. The van der Waals surface area contributed by atoms with E-state index in [1.165, 1.54) is 17.1 Å². The topological polar surface area (TPSA) is 73.1 Å². The molecule has 108 valence electrons. The van der Waals surface area contributed by atoms with Gasteiger partial charge in [-0.25, -0.2) is 0 Å². The number of nitrogen functional groups attached to an aromatic ring is 1. The molecule has 0 spiro atoms. The Bertz CT molecular complexity index is 751. The van der Waals surface area contributed by atoms with Crippen LogP contribution in [0.3, 0.4) is 0 Å². The molecule has 0 unspecified atom stereocenters. The number of benzene rings is 1. The number of hydrogen-bond donors (Lipinski definition) is 2. The van der Waals surface area contributed by atoms with E-state index in [0.717, 1.165) is 28.9 Å². The Morgan fingerprint density at radius 1 is 1.29 bits per heavy atom. The first kappa shape index (κ1) is 13.6. The fraction of sp³-hybridized carbons (Fsp3) is 0.200. The van der Waals surface area contributed by atoms with Gasteiger partial charge in [0.25, 0.3) is 0 Å². The van der Waals surface area contributed by atoms with Gasteiger partial charge in [0.15, 0.2) is 16.6 Å². The second-order valence-corrected chi connectivity index (χ2v) is 5.37. The molecule has 2 aromatic heterocycles. The maximum Gasteiger partial charge on any atom is 0.197 e. The summed E-state index contributed by atoms with van der Waals surface area (Å²) in [6.07, 6.45) is 2.70. The zero-order valence-electron chi connectivity index (χ0n) is 11.7. The van der Waals surface area contributed by atoms with Crippen LogP contribution in [-0.4, -0.2) is 23.0 Å². The summed E-state index contributed by atoms with van der Waals surface area (Å²) in [6.45, 7) is 0.772. The standard InChI is InChI=1S/C15H16N4OS/c1-20-13-14(16)19-21-15(13)18-9-7-11-5-2-4-10-6-3-8-17-12(10)11/h2-6,8,18H,7,9H2,1H3,(H2,16,19). The number of ether oxygens (including phenoxy) is 1. The van der Waals surface area contributed by atoms with E-state index in [9.17, 15) is 0 Å². The van der Waals surface area contributed by atoms with E-state index < -0.39 is 0 Å². The molecular formula is C15H16N4OS. The van der Waals surface area contributed by atoms with Crippen LogP contribution in [0.25, 0.3) is 10.9 Å². The van der Waals surface area contributed by atoms with E-state index in [0.29, 0.717) is 11.6 Å². The van der Waals surface area contributed by atoms with Gasteiger partial charge in [-0.3, -0.25) is 4.98 Å². The smallest absolute Gasteiger partial charge is 0.197 e. The second kappa shape index (κ2) is 5.97. The van der Waals surface area contributed by atoms with Crippen LogP contribution in [0.1, 0.15) is 5.56 Å². The highest BCUT2D eigenvalue weighted by molar-refractivity contribution is 7.11. The number of aromatic nitrogens is 2. The van der Waals surface area contributed by atoms with Crippen molar-refractivity contribution >= 4 is 33.3 Å². The molecule has 0 saturated heterocycles. The van der Waals surface area contributed by atoms with Crippen molar-refractivity contribution in [3.8, 4) is 5.75 Å². The third-order valence-corrected chi connectivity index (χ3v) is 4.07. The molecule has 1 aromatic carbocycles. The summed E-state index contributed by atoms with van der Waals surface area (Å²) < 4.78 is 9.32. The van der Waals surface area contributed by atoms with E-state index in [1.54, 1.807) is 7.11 Å². The number of methoxy groups -OCH3 is 1. The van der Waals surface area contributed by atoms with Gasteiger partial charge in [-0.2, -0.15) is 4.37 Å².